The van der Waals surface area contributed by atoms with Gasteiger partial charge in [0.25, 0.3) is 0 Å². The molecule has 1 amide bonds. The summed E-state index contributed by atoms with van der Waals surface area (Å²) in [7, 11) is 1.53. The maximum absolute atomic E-state index is 11.1. The highest BCUT2D eigenvalue weighted by Gasteiger charge is 2.16. The molecule has 1 rings (SSSR count). The van der Waals surface area contributed by atoms with E-state index in [9.17, 15) is 14.9 Å². The van der Waals surface area contributed by atoms with E-state index in [0.29, 0.717) is 12.6 Å². The van der Waals surface area contributed by atoms with Crippen molar-refractivity contribution >= 4 is 11.6 Å². The lowest BCUT2D eigenvalue weighted by molar-refractivity contribution is -0.385. The third-order valence-electron chi connectivity index (χ3n) is 2.80. The number of nitrogens with zero attached hydrogens (tertiary/aromatic N) is 1. The molecule has 21 heavy (non-hydrogen) atoms. The van der Waals surface area contributed by atoms with Gasteiger partial charge in [-0.15, -0.1) is 0 Å². The molecule has 2 N–H and O–H groups in total. The molecule has 0 bridgehead atoms. The highest BCUT2D eigenvalue weighted by atomic mass is 16.6. The molecule has 0 radical (unpaired) electrons. The minimum Gasteiger partial charge on any atom is -0.486 e. The van der Waals surface area contributed by atoms with Crippen LogP contribution in [0.2, 0.25) is 0 Å². The summed E-state index contributed by atoms with van der Waals surface area (Å²) in [4.78, 5) is 21.7. The van der Waals surface area contributed by atoms with Crippen LogP contribution in [0.5, 0.6) is 5.75 Å². The first kappa shape index (κ1) is 16.9. The highest BCUT2D eigenvalue weighted by molar-refractivity contribution is 5.75. The molecule has 7 nitrogen and oxygen atoms in total. The third-order valence-corrected chi connectivity index (χ3v) is 2.80. The predicted molar refractivity (Wildman–Crippen MR) is 79.3 cm³/mol. The lowest BCUT2D eigenvalue weighted by Crippen LogP contribution is -2.22. The fourth-order valence-corrected chi connectivity index (χ4v) is 1.64. The first-order valence-corrected chi connectivity index (χ1v) is 6.78. The van der Waals surface area contributed by atoms with Crippen molar-refractivity contribution in [3.05, 3.63) is 33.9 Å². The van der Waals surface area contributed by atoms with Crippen molar-refractivity contribution in [3.8, 4) is 5.75 Å². The van der Waals surface area contributed by atoms with Crippen molar-refractivity contribution in [3.63, 3.8) is 0 Å². The number of benzene rings is 1. The van der Waals surface area contributed by atoms with Crippen molar-refractivity contribution in [2.24, 2.45) is 0 Å². The number of hydrogen-bond acceptors (Lipinski definition) is 5. The Bertz CT molecular complexity index is 503. The fourth-order valence-electron chi connectivity index (χ4n) is 1.64. The van der Waals surface area contributed by atoms with Gasteiger partial charge in [-0.3, -0.25) is 14.9 Å². The van der Waals surface area contributed by atoms with Crippen molar-refractivity contribution in [2.45, 2.75) is 32.9 Å². The van der Waals surface area contributed by atoms with Gasteiger partial charge in [-0.2, -0.15) is 0 Å². The molecule has 0 saturated carbocycles. The van der Waals surface area contributed by atoms with Crippen LogP contribution in [0.3, 0.4) is 0 Å². The number of rotatable bonds is 8. The predicted octanol–water partition coefficient (Wildman–Crippen LogP) is 1.61. The Hall–Kier alpha value is -2.15. The first-order valence-electron chi connectivity index (χ1n) is 6.78. The van der Waals surface area contributed by atoms with E-state index in [-0.39, 0.29) is 30.4 Å². The molecule has 7 heteroatoms. The summed E-state index contributed by atoms with van der Waals surface area (Å²) in [6.07, 6.45) is 0.157. The number of carbonyl (C=O) groups is 1. The van der Waals surface area contributed by atoms with Gasteiger partial charge in [0.2, 0.25) is 5.91 Å². The maximum atomic E-state index is 11.1. The molecular formula is C14H21N3O4. The molecule has 1 aromatic rings. The Morgan fingerprint density at radius 2 is 2.14 bits per heavy atom. The van der Waals surface area contributed by atoms with Crippen LogP contribution < -0.4 is 15.4 Å². The van der Waals surface area contributed by atoms with Gasteiger partial charge in [0, 0.05) is 25.7 Å². The van der Waals surface area contributed by atoms with Crippen LogP contribution in [0, 0.1) is 10.1 Å². The Kier molecular flexibility index (Phi) is 6.61. The third kappa shape index (κ3) is 5.78. The van der Waals surface area contributed by atoms with Gasteiger partial charge in [0.15, 0.2) is 5.75 Å². The molecule has 0 unspecified atom stereocenters. The normalized spacial score (nSPS) is 10.5. The molecule has 0 atom stereocenters. The Labute approximate surface area is 123 Å². The second-order valence-corrected chi connectivity index (χ2v) is 4.87. The van der Waals surface area contributed by atoms with Gasteiger partial charge < -0.3 is 15.4 Å². The quantitative estimate of drug-likeness (QED) is 0.561. The van der Waals surface area contributed by atoms with Crippen molar-refractivity contribution in [1.82, 2.24) is 10.6 Å². The minimum absolute atomic E-state index is 0.0880. The summed E-state index contributed by atoms with van der Waals surface area (Å²) in [6.45, 7) is 4.66. The Morgan fingerprint density at radius 3 is 2.71 bits per heavy atom. The van der Waals surface area contributed by atoms with E-state index in [1.165, 1.54) is 13.1 Å². The first-order chi connectivity index (χ1) is 9.93. The number of ether oxygens (including phenoxy) is 1. The maximum Gasteiger partial charge on any atom is 0.311 e. The Balaban J connectivity index is 2.75. The number of nitro groups is 1. The molecule has 0 saturated heterocycles. The number of hydrogen-bond donors (Lipinski definition) is 2. The molecule has 0 spiro atoms. The van der Waals surface area contributed by atoms with Crippen LogP contribution in [0.1, 0.15) is 25.8 Å². The number of carbonyl (C=O) groups excluding carboxylic acids is 1. The van der Waals surface area contributed by atoms with Gasteiger partial charge in [-0.1, -0.05) is 19.9 Å². The number of amides is 1. The van der Waals surface area contributed by atoms with Gasteiger partial charge in [0.05, 0.1) is 18.0 Å². The average Bonchev–Trinajstić information content (AvgIpc) is 2.45. The molecule has 0 aliphatic heterocycles. The molecule has 0 aromatic heterocycles. The van der Waals surface area contributed by atoms with Crippen molar-refractivity contribution in [2.75, 3.05) is 13.7 Å². The van der Waals surface area contributed by atoms with E-state index in [1.54, 1.807) is 12.1 Å². The summed E-state index contributed by atoms with van der Waals surface area (Å²) in [6, 6.07) is 5.13. The van der Waals surface area contributed by atoms with E-state index in [1.807, 2.05) is 13.8 Å². The van der Waals surface area contributed by atoms with Gasteiger partial charge in [0.1, 0.15) is 0 Å². The molecule has 1 aromatic carbocycles. The fraction of sp³-hybridized carbons (Fsp3) is 0.500. The topological polar surface area (TPSA) is 93.5 Å². The van der Waals surface area contributed by atoms with Crippen LogP contribution >= 0.6 is 0 Å². The van der Waals surface area contributed by atoms with E-state index in [4.69, 9.17) is 4.74 Å². The van der Waals surface area contributed by atoms with Crippen LogP contribution in [0.25, 0.3) is 0 Å². The van der Waals surface area contributed by atoms with Crippen molar-refractivity contribution < 1.29 is 14.5 Å². The molecule has 0 heterocycles. The number of nitrogens with one attached hydrogen (secondary N) is 2. The van der Waals surface area contributed by atoms with Crippen LogP contribution in [-0.2, 0) is 11.3 Å². The molecule has 0 aliphatic rings. The minimum atomic E-state index is -0.478. The standard InChI is InChI=1S/C14H21N3O4/c1-10(2)16-9-11-4-5-13(12(8-11)17(19)20)21-7-6-14(18)15-3/h4-5,8,10,16H,6-7,9H2,1-3H3,(H,15,18). The van der Waals surface area contributed by atoms with Crippen LogP contribution in [-0.4, -0.2) is 30.5 Å². The van der Waals surface area contributed by atoms with Crippen LogP contribution in [0.15, 0.2) is 18.2 Å². The van der Waals surface area contributed by atoms with E-state index < -0.39 is 4.92 Å². The van der Waals surface area contributed by atoms with E-state index in [2.05, 4.69) is 10.6 Å². The molecule has 0 fully saturated rings. The number of nitro benzene ring substituents is 1. The monoisotopic (exact) mass is 295 g/mol. The van der Waals surface area contributed by atoms with Gasteiger partial charge >= 0.3 is 5.69 Å². The molecule has 0 aliphatic carbocycles. The second kappa shape index (κ2) is 8.21. The zero-order chi connectivity index (χ0) is 15.8. The molecule has 116 valence electrons. The Morgan fingerprint density at radius 1 is 1.43 bits per heavy atom. The lowest BCUT2D eigenvalue weighted by atomic mass is 10.1. The zero-order valence-corrected chi connectivity index (χ0v) is 12.5. The summed E-state index contributed by atoms with van der Waals surface area (Å²) >= 11 is 0. The lowest BCUT2D eigenvalue weighted by Gasteiger charge is -2.10. The summed E-state index contributed by atoms with van der Waals surface area (Å²) < 4.78 is 5.33. The van der Waals surface area contributed by atoms with Crippen LogP contribution in [0.4, 0.5) is 5.69 Å². The van der Waals surface area contributed by atoms with E-state index in [0.717, 1.165) is 5.56 Å². The highest BCUT2D eigenvalue weighted by Crippen LogP contribution is 2.28. The summed E-state index contributed by atoms with van der Waals surface area (Å²) in [5.41, 5.74) is 0.726. The van der Waals surface area contributed by atoms with E-state index >= 15 is 0 Å². The van der Waals surface area contributed by atoms with Gasteiger partial charge in [-0.05, 0) is 11.6 Å². The zero-order valence-electron chi connectivity index (χ0n) is 12.5. The largest absolute Gasteiger partial charge is 0.486 e. The van der Waals surface area contributed by atoms with Crippen molar-refractivity contribution in [1.29, 1.82) is 0 Å². The summed E-state index contributed by atoms with van der Waals surface area (Å²) in [5, 5.41) is 16.8. The average molecular weight is 295 g/mol. The SMILES string of the molecule is CNC(=O)CCOc1ccc(CNC(C)C)cc1[N+](=O)[O-]. The smallest absolute Gasteiger partial charge is 0.311 e. The molecular weight excluding hydrogens is 274 g/mol. The second-order valence-electron chi connectivity index (χ2n) is 4.87. The van der Waals surface area contributed by atoms with Gasteiger partial charge in [-0.25, -0.2) is 0 Å². The summed E-state index contributed by atoms with van der Waals surface area (Å²) in [5.74, 6) is 0.00704.